The lowest BCUT2D eigenvalue weighted by Gasteiger charge is -2.50. The lowest BCUT2D eigenvalue weighted by atomic mass is 9.37. The number of rotatable bonds is 2. The smallest absolute Gasteiger partial charge is 0.248 e. The molecule has 53 heavy (non-hydrogen) atoms. The van der Waals surface area contributed by atoms with Gasteiger partial charge in [0, 0.05) is 33.9 Å². The highest BCUT2D eigenvalue weighted by Crippen LogP contribution is 2.61. The van der Waals surface area contributed by atoms with Crippen LogP contribution in [0.4, 0.5) is 28.4 Å². The number of benzene rings is 8. The van der Waals surface area contributed by atoms with Gasteiger partial charge in [-0.05, 0) is 122 Å². The van der Waals surface area contributed by atoms with Gasteiger partial charge in [-0.2, -0.15) is 0 Å². The average molecular weight is 679 g/mol. The monoisotopic (exact) mass is 678 g/mol. The summed E-state index contributed by atoms with van der Waals surface area (Å²) in [4.78, 5) is 5.36. The molecule has 0 aromatic heterocycles. The molecule has 12 rings (SSSR count). The van der Waals surface area contributed by atoms with Crippen molar-refractivity contribution in [3.63, 3.8) is 0 Å². The minimum atomic E-state index is -0.0311. The second kappa shape index (κ2) is 10.4. The molecule has 1 saturated carbocycles. The van der Waals surface area contributed by atoms with Gasteiger partial charge in [0.25, 0.3) is 0 Å². The quantitative estimate of drug-likeness (QED) is 0.168. The van der Waals surface area contributed by atoms with Crippen molar-refractivity contribution in [1.29, 1.82) is 0 Å². The molecule has 1 fully saturated rings. The van der Waals surface area contributed by atoms with E-state index in [4.69, 9.17) is 0 Å². The zero-order chi connectivity index (χ0) is 35.1. The van der Waals surface area contributed by atoms with Crippen molar-refractivity contribution in [1.82, 2.24) is 0 Å². The third-order valence-electron chi connectivity index (χ3n) is 13.9. The van der Waals surface area contributed by atoms with Gasteiger partial charge in [0.15, 0.2) is 0 Å². The Bertz CT molecular complexity index is 2870. The van der Waals surface area contributed by atoms with Crippen LogP contribution >= 0.6 is 0 Å². The van der Waals surface area contributed by atoms with Crippen LogP contribution in [0.5, 0.6) is 0 Å². The Balaban J connectivity index is 1.21. The van der Waals surface area contributed by atoms with E-state index in [0.717, 1.165) is 0 Å². The van der Waals surface area contributed by atoms with Gasteiger partial charge in [0.1, 0.15) is 0 Å². The Labute approximate surface area is 311 Å². The number of hydrogen-bond acceptors (Lipinski definition) is 2. The molecule has 0 saturated heterocycles. The second-order valence-corrected chi connectivity index (χ2v) is 16.4. The van der Waals surface area contributed by atoms with E-state index in [1.807, 2.05) is 0 Å². The van der Waals surface area contributed by atoms with E-state index in [2.05, 4.69) is 175 Å². The van der Waals surface area contributed by atoms with Gasteiger partial charge in [-0.3, -0.25) is 0 Å². The minimum absolute atomic E-state index is 0.0311. The number of fused-ring (bicyclic) bond motifs is 11. The number of anilines is 5. The fraction of sp³-hybridized carbons (Fsp3) is 0.160. The summed E-state index contributed by atoms with van der Waals surface area (Å²) in [5.41, 5.74) is 15.0. The predicted molar refractivity (Wildman–Crippen MR) is 227 cm³/mol. The molecule has 4 aliphatic rings. The molecule has 3 heteroatoms. The third kappa shape index (κ3) is 3.85. The molecular formula is C50H39BN2. The van der Waals surface area contributed by atoms with E-state index < -0.39 is 0 Å². The van der Waals surface area contributed by atoms with E-state index in [1.165, 1.54) is 120 Å². The predicted octanol–water partition coefficient (Wildman–Crippen LogP) is 11.2. The van der Waals surface area contributed by atoms with Crippen LogP contribution in [-0.4, -0.2) is 12.3 Å². The molecule has 0 amide bonds. The summed E-state index contributed by atoms with van der Waals surface area (Å²) in [6, 6.07) is 58.0. The Morgan fingerprint density at radius 1 is 0.472 bits per heavy atom. The van der Waals surface area contributed by atoms with Crippen molar-refractivity contribution in [3.8, 4) is 11.1 Å². The normalized spacial score (nSPS) is 20.8. The van der Waals surface area contributed by atoms with Gasteiger partial charge in [-0.25, -0.2) is 0 Å². The van der Waals surface area contributed by atoms with E-state index in [-0.39, 0.29) is 17.7 Å². The highest BCUT2D eigenvalue weighted by molar-refractivity contribution is 7.01. The van der Waals surface area contributed by atoms with Crippen LogP contribution < -0.4 is 26.2 Å². The molecule has 0 N–H and O–H groups in total. The van der Waals surface area contributed by atoms with Crippen LogP contribution in [0, 0.1) is 0 Å². The molecule has 0 bridgehead atoms. The van der Waals surface area contributed by atoms with Gasteiger partial charge >= 0.3 is 0 Å². The summed E-state index contributed by atoms with van der Waals surface area (Å²) in [6.45, 7) is 5.24. The summed E-state index contributed by atoms with van der Waals surface area (Å²) in [6.07, 6.45) is 4.94. The molecule has 2 nitrogen and oxygen atoms in total. The number of nitrogens with zero attached hydrogens (tertiary/aromatic N) is 2. The Hall–Kier alpha value is -5.80. The lowest BCUT2D eigenvalue weighted by Crippen LogP contribution is -2.55. The summed E-state index contributed by atoms with van der Waals surface area (Å²) in [5.74, 6) is 0. The molecule has 252 valence electrons. The van der Waals surface area contributed by atoms with E-state index in [9.17, 15) is 0 Å². The first-order chi connectivity index (χ1) is 26.0. The molecule has 1 aliphatic carbocycles. The van der Waals surface area contributed by atoms with Crippen LogP contribution in [0.15, 0.2) is 152 Å². The molecule has 3 heterocycles. The Kier molecular flexibility index (Phi) is 5.85. The Morgan fingerprint density at radius 2 is 1.09 bits per heavy atom. The first kappa shape index (κ1) is 29.7. The van der Waals surface area contributed by atoms with Gasteiger partial charge < -0.3 is 9.80 Å². The SMILES string of the molecule is CC12CCCCC1(C)N(c1cc3c4c(c1)N(c1ccc5ccccc5c1)c1cc5ccccc5cc1B4c1cc4ccccc4cc1-3)c1ccccc12. The zero-order valence-electron chi connectivity index (χ0n) is 30.2. The van der Waals surface area contributed by atoms with Crippen molar-refractivity contribution in [2.24, 2.45) is 0 Å². The summed E-state index contributed by atoms with van der Waals surface area (Å²) in [7, 11) is 0. The van der Waals surface area contributed by atoms with Crippen LogP contribution in [0.1, 0.15) is 45.1 Å². The number of para-hydroxylation sites is 1. The van der Waals surface area contributed by atoms with E-state index in [1.54, 1.807) is 0 Å². The first-order valence-electron chi connectivity index (χ1n) is 19.4. The van der Waals surface area contributed by atoms with Crippen LogP contribution in [-0.2, 0) is 5.41 Å². The lowest BCUT2D eigenvalue weighted by molar-refractivity contribution is 0.195. The molecule has 8 aromatic rings. The molecule has 3 aliphatic heterocycles. The van der Waals surface area contributed by atoms with Crippen molar-refractivity contribution < 1.29 is 0 Å². The highest BCUT2D eigenvalue weighted by atomic mass is 15.3. The van der Waals surface area contributed by atoms with Crippen molar-refractivity contribution in [3.05, 3.63) is 157 Å². The van der Waals surface area contributed by atoms with Gasteiger partial charge in [-0.15, -0.1) is 0 Å². The molecule has 2 unspecified atom stereocenters. The van der Waals surface area contributed by atoms with Gasteiger partial charge in [0.05, 0.1) is 5.54 Å². The van der Waals surface area contributed by atoms with Gasteiger partial charge in [-0.1, -0.05) is 134 Å². The molecule has 2 atom stereocenters. The second-order valence-electron chi connectivity index (χ2n) is 16.4. The van der Waals surface area contributed by atoms with Gasteiger partial charge in [0.2, 0.25) is 6.71 Å². The zero-order valence-corrected chi connectivity index (χ0v) is 30.2. The fourth-order valence-electron chi connectivity index (χ4n) is 11.2. The highest BCUT2D eigenvalue weighted by Gasteiger charge is 2.58. The third-order valence-corrected chi connectivity index (χ3v) is 13.9. The standard InChI is InChI=1S/C50H39BN2/c1-49-23-11-12-24-50(49,2)53(45-20-10-9-19-42(45)49)39-30-41-40-26-34-15-5-6-16-35(34)27-43(40)51-44-28-36-17-7-8-18-37(36)29-46(44)52(47(31-39)48(41)51)38-22-21-32-13-3-4-14-33(32)25-38/h3-10,13-22,25-31H,11-12,23-24H2,1-2H3. The first-order valence-corrected chi connectivity index (χ1v) is 19.4. The van der Waals surface area contributed by atoms with Crippen LogP contribution in [0.25, 0.3) is 43.4 Å². The van der Waals surface area contributed by atoms with E-state index in [0.29, 0.717) is 0 Å². The van der Waals surface area contributed by atoms with Crippen LogP contribution in [0.2, 0.25) is 0 Å². The number of hydrogen-bond donors (Lipinski definition) is 0. The molecule has 8 aromatic carbocycles. The van der Waals surface area contributed by atoms with Crippen LogP contribution in [0.3, 0.4) is 0 Å². The van der Waals surface area contributed by atoms with Crippen molar-refractivity contribution in [2.75, 3.05) is 9.80 Å². The molecule has 0 spiro atoms. The molecular weight excluding hydrogens is 639 g/mol. The van der Waals surface area contributed by atoms with Crippen molar-refractivity contribution >= 4 is 83.9 Å². The molecule has 0 radical (unpaired) electrons. The summed E-state index contributed by atoms with van der Waals surface area (Å²) < 4.78 is 0. The van der Waals surface area contributed by atoms with Crippen molar-refractivity contribution in [2.45, 2.75) is 50.5 Å². The average Bonchev–Trinajstić information content (AvgIpc) is 3.62. The largest absolute Gasteiger partial charge is 0.334 e. The topological polar surface area (TPSA) is 6.48 Å². The fourth-order valence-corrected chi connectivity index (χ4v) is 11.2. The summed E-state index contributed by atoms with van der Waals surface area (Å²) in [5, 5.41) is 7.69. The Morgan fingerprint density at radius 3 is 1.87 bits per heavy atom. The maximum absolute atomic E-state index is 2.76. The van der Waals surface area contributed by atoms with E-state index >= 15 is 0 Å². The maximum Gasteiger partial charge on any atom is 0.248 e. The summed E-state index contributed by atoms with van der Waals surface area (Å²) >= 11 is 0. The maximum atomic E-state index is 2.76. The minimum Gasteiger partial charge on any atom is -0.334 e.